The van der Waals surface area contributed by atoms with Crippen LogP contribution in [0.5, 0.6) is 0 Å². The van der Waals surface area contributed by atoms with Gasteiger partial charge in [-0.2, -0.15) is 0 Å². The van der Waals surface area contributed by atoms with Crippen LogP contribution >= 0.6 is 0 Å². The highest BCUT2D eigenvalue weighted by molar-refractivity contribution is 5.70. The number of carbonyl (C=O) groups is 2. The van der Waals surface area contributed by atoms with Crippen LogP contribution in [-0.2, 0) is 19.1 Å². The van der Waals surface area contributed by atoms with Crippen molar-refractivity contribution in [2.75, 3.05) is 13.2 Å². The molecule has 0 amide bonds. The molecule has 0 spiro atoms. The third-order valence-electron chi connectivity index (χ3n) is 12.2. The molecule has 0 bridgehead atoms. The smallest absolute Gasteiger partial charge is 0.306 e. The number of aliphatic hydroxyl groups excluding tert-OH is 1. The first-order valence-corrected chi connectivity index (χ1v) is 26.9. The molecule has 0 aromatic rings. The van der Waals surface area contributed by atoms with Gasteiger partial charge in [0.25, 0.3) is 0 Å². The molecular weight excluding hydrogens is 741 g/mol. The van der Waals surface area contributed by atoms with Gasteiger partial charge in [0.1, 0.15) is 6.61 Å². The third kappa shape index (κ3) is 49.0. The van der Waals surface area contributed by atoms with Crippen molar-refractivity contribution in [2.24, 2.45) is 0 Å². The number of allylic oxidation sites excluding steroid dienone is 4. The number of esters is 2. The third-order valence-corrected chi connectivity index (χ3v) is 12.2. The Hall–Kier alpha value is -1.62. The van der Waals surface area contributed by atoms with Crippen molar-refractivity contribution in [1.29, 1.82) is 0 Å². The van der Waals surface area contributed by atoms with E-state index in [-0.39, 0.29) is 25.2 Å². The molecular formula is C55H104O5. The van der Waals surface area contributed by atoms with Crippen LogP contribution in [0.1, 0.15) is 296 Å². The van der Waals surface area contributed by atoms with Gasteiger partial charge in [-0.25, -0.2) is 0 Å². The fourth-order valence-electron chi connectivity index (χ4n) is 8.18. The van der Waals surface area contributed by atoms with E-state index in [0.717, 1.165) is 44.9 Å². The molecule has 5 nitrogen and oxygen atoms in total. The lowest BCUT2D eigenvalue weighted by Crippen LogP contribution is -2.28. The molecule has 0 saturated carbocycles. The summed E-state index contributed by atoms with van der Waals surface area (Å²) in [7, 11) is 0. The summed E-state index contributed by atoms with van der Waals surface area (Å²) in [6.07, 6.45) is 64.8. The quantitative estimate of drug-likeness (QED) is 0.0375. The Balaban J connectivity index is 3.31. The molecule has 0 aliphatic carbocycles. The Labute approximate surface area is 374 Å². The average Bonchev–Trinajstić information content (AvgIpc) is 3.25. The zero-order valence-corrected chi connectivity index (χ0v) is 40.5. The normalized spacial score (nSPS) is 12.2. The maximum atomic E-state index is 12.2. The van der Waals surface area contributed by atoms with Crippen molar-refractivity contribution in [1.82, 2.24) is 0 Å². The van der Waals surface area contributed by atoms with Crippen LogP contribution in [0.2, 0.25) is 0 Å². The molecule has 0 aromatic heterocycles. The number of aliphatic hydroxyl groups is 1. The fourth-order valence-corrected chi connectivity index (χ4v) is 8.18. The molecule has 0 saturated heterocycles. The van der Waals surface area contributed by atoms with Crippen LogP contribution in [-0.4, -0.2) is 36.4 Å². The highest BCUT2D eigenvalue weighted by atomic mass is 16.6. The second-order valence-electron chi connectivity index (χ2n) is 18.3. The minimum Gasteiger partial charge on any atom is -0.462 e. The van der Waals surface area contributed by atoms with Crippen molar-refractivity contribution < 1.29 is 24.2 Å². The summed E-state index contributed by atoms with van der Waals surface area (Å²) in [5.74, 6) is -0.583. The first-order valence-electron chi connectivity index (χ1n) is 26.9. The monoisotopic (exact) mass is 845 g/mol. The molecule has 0 aliphatic rings. The predicted octanol–water partition coefficient (Wildman–Crippen LogP) is 17.8. The first kappa shape index (κ1) is 58.4. The van der Waals surface area contributed by atoms with Gasteiger partial charge >= 0.3 is 11.9 Å². The van der Waals surface area contributed by atoms with Crippen LogP contribution < -0.4 is 0 Å². The molecule has 1 unspecified atom stereocenters. The number of hydrogen-bond acceptors (Lipinski definition) is 5. The van der Waals surface area contributed by atoms with Crippen LogP contribution in [0.25, 0.3) is 0 Å². The van der Waals surface area contributed by atoms with Crippen molar-refractivity contribution in [3.05, 3.63) is 24.3 Å². The molecule has 1 atom stereocenters. The molecule has 0 aliphatic heterocycles. The first-order chi connectivity index (χ1) is 29.6. The van der Waals surface area contributed by atoms with Gasteiger partial charge < -0.3 is 14.6 Å². The Morgan fingerprint density at radius 3 is 0.983 bits per heavy atom. The number of rotatable bonds is 50. The molecule has 0 fully saturated rings. The lowest BCUT2D eigenvalue weighted by molar-refractivity contribution is -0.161. The van der Waals surface area contributed by atoms with Crippen molar-refractivity contribution >= 4 is 11.9 Å². The molecule has 0 aromatic carbocycles. The molecule has 354 valence electrons. The van der Waals surface area contributed by atoms with Crippen molar-refractivity contribution in [3.63, 3.8) is 0 Å². The fraction of sp³-hybridized carbons (Fsp3) is 0.891. The minimum absolute atomic E-state index is 0.0598. The lowest BCUT2D eigenvalue weighted by Gasteiger charge is -2.15. The van der Waals surface area contributed by atoms with Gasteiger partial charge in [0.05, 0.1) is 6.61 Å². The zero-order valence-electron chi connectivity index (χ0n) is 40.5. The maximum absolute atomic E-state index is 12.2. The second-order valence-corrected chi connectivity index (χ2v) is 18.3. The van der Waals surface area contributed by atoms with E-state index in [2.05, 4.69) is 38.2 Å². The maximum Gasteiger partial charge on any atom is 0.306 e. The summed E-state index contributed by atoms with van der Waals surface area (Å²) in [6.45, 7) is 4.11. The molecule has 0 rings (SSSR count). The van der Waals surface area contributed by atoms with Gasteiger partial charge in [0, 0.05) is 12.8 Å². The summed E-state index contributed by atoms with van der Waals surface area (Å²) in [4.78, 5) is 24.2. The molecule has 5 heteroatoms. The van der Waals surface area contributed by atoms with Gasteiger partial charge in [0.2, 0.25) is 0 Å². The van der Waals surface area contributed by atoms with Crippen molar-refractivity contribution in [2.45, 2.75) is 302 Å². The van der Waals surface area contributed by atoms with Gasteiger partial charge in [-0.05, 0) is 44.9 Å². The van der Waals surface area contributed by atoms with E-state index in [0.29, 0.717) is 12.8 Å². The molecule has 1 N–H and O–H groups in total. The number of carbonyl (C=O) groups excluding carboxylic acids is 2. The minimum atomic E-state index is -0.763. The Morgan fingerprint density at radius 1 is 0.383 bits per heavy atom. The van der Waals surface area contributed by atoms with Crippen molar-refractivity contribution in [3.8, 4) is 0 Å². The summed E-state index contributed by atoms with van der Waals surface area (Å²) < 4.78 is 10.6. The summed E-state index contributed by atoms with van der Waals surface area (Å²) in [5, 5.41) is 9.54. The van der Waals surface area contributed by atoms with E-state index in [1.165, 1.54) is 225 Å². The highest BCUT2D eigenvalue weighted by Gasteiger charge is 2.16. The number of ether oxygens (including phenoxy) is 2. The summed E-state index contributed by atoms with van der Waals surface area (Å²) in [5.41, 5.74) is 0. The van der Waals surface area contributed by atoms with E-state index in [9.17, 15) is 14.7 Å². The molecule has 0 radical (unpaired) electrons. The molecule has 60 heavy (non-hydrogen) atoms. The van der Waals surface area contributed by atoms with E-state index in [1.807, 2.05) is 0 Å². The number of unbranched alkanes of at least 4 members (excludes halogenated alkanes) is 38. The van der Waals surface area contributed by atoms with Gasteiger partial charge in [-0.3, -0.25) is 9.59 Å². The van der Waals surface area contributed by atoms with E-state index < -0.39 is 6.10 Å². The summed E-state index contributed by atoms with van der Waals surface area (Å²) in [6, 6.07) is 0. The zero-order chi connectivity index (χ0) is 43.5. The Bertz CT molecular complexity index is 913. The summed E-state index contributed by atoms with van der Waals surface area (Å²) >= 11 is 0. The Morgan fingerprint density at radius 2 is 0.667 bits per heavy atom. The SMILES string of the molecule is CCCCCCC/C=C\C/C=C\CCCCCCCCCCCCCCCCCCCCCCCCCCCCCC(=O)OC(CO)COC(=O)CCCCCCCCC. The van der Waals surface area contributed by atoms with E-state index >= 15 is 0 Å². The standard InChI is InChI=1S/C55H104O5/c1-3-5-7-9-11-12-13-14-15-16-17-18-19-20-21-22-23-24-25-26-27-28-29-30-31-32-33-34-35-36-37-38-39-40-41-42-44-46-48-50-55(58)60-53(51-56)52-59-54(57)49-47-45-43-10-8-6-4-2/h13-14,16-17,53,56H,3-12,15,18-52H2,1-2H3/b14-13-,17-16-. The number of hydrogen-bond donors (Lipinski definition) is 1. The van der Waals surface area contributed by atoms with Crippen LogP contribution in [0.3, 0.4) is 0 Å². The van der Waals surface area contributed by atoms with Gasteiger partial charge in [-0.15, -0.1) is 0 Å². The molecule has 0 heterocycles. The largest absolute Gasteiger partial charge is 0.462 e. The van der Waals surface area contributed by atoms with Gasteiger partial charge in [-0.1, -0.05) is 263 Å². The van der Waals surface area contributed by atoms with Gasteiger partial charge in [0.15, 0.2) is 6.10 Å². The Kier molecular flexibility index (Phi) is 50.3. The van der Waals surface area contributed by atoms with Crippen LogP contribution in [0, 0.1) is 0 Å². The van der Waals surface area contributed by atoms with Crippen LogP contribution in [0.15, 0.2) is 24.3 Å². The lowest BCUT2D eigenvalue weighted by atomic mass is 10.0. The predicted molar refractivity (Wildman–Crippen MR) is 261 cm³/mol. The topological polar surface area (TPSA) is 72.8 Å². The second kappa shape index (κ2) is 51.7. The van der Waals surface area contributed by atoms with Crippen LogP contribution in [0.4, 0.5) is 0 Å². The highest BCUT2D eigenvalue weighted by Crippen LogP contribution is 2.17. The van der Waals surface area contributed by atoms with E-state index in [4.69, 9.17) is 9.47 Å². The average molecular weight is 845 g/mol. The van der Waals surface area contributed by atoms with E-state index in [1.54, 1.807) is 0 Å².